The van der Waals surface area contributed by atoms with E-state index in [9.17, 15) is 18.0 Å². The van der Waals surface area contributed by atoms with Crippen LogP contribution in [-0.2, 0) is 6.18 Å². The summed E-state index contributed by atoms with van der Waals surface area (Å²) in [6, 6.07) is 4.89. The van der Waals surface area contributed by atoms with E-state index >= 15 is 0 Å². The fourth-order valence-corrected chi connectivity index (χ4v) is 2.79. The van der Waals surface area contributed by atoms with Crippen molar-refractivity contribution in [1.29, 1.82) is 0 Å². The maximum absolute atomic E-state index is 12.9. The van der Waals surface area contributed by atoms with Crippen molar-refractivity contribution in [3.8, 4) is 0 Å². The van der Waals surface area contributed by atoms with Crippen molar-refractivity contribution in [1.82, 2.24) is 14.9 Å². The van der Waals surface area contributed by atoms with Crippen molar-refractivity contribution >= 4 is 29.1 Å². The summed E-state index contributed by atoms with van der Waals surface area (Å²) in [6.07, 6.45) is -1.28. The molecule has 2 aromatic rings. The van der Waals surface area contributed by atoms with Crippen molar-refractivity contribution in [3.63, 3.8) is 0 Å². The van der Waals surface area contributed by atoms with E-state index in [2.05, 4.69) is 15.3 Å². The van der Waals surface area contributed by atoms with Gasteiger partial charge in [-0.3, -0.25) is 4.79 Å². The SMILES string of the molecule is O=C(c1ccnc(Nc2ccc(Cl)c(C(F)(F)F)c2)n1)N1CCCC1. The maximum atomic E-state index is 12.9. The Morgan fingerprint density at radius 2 is 1.92 bits per heavy atom. The van der Waals surface area contributed by atoms with E-state index in [1.54, 1.807) is 4.90 Å². The molecule has 0 atom stereocenters. The molecule has 25 heavy (non-hydrogen) atoms. The Balaban J connectivity index is 1.82. The minimum atomic E-state index is -4.57. The quantitative estimate of drug-likeness (QED) is 0.882. The van der Waals surface area contributed by atoms with E-state index in [0.29, 0.717) is 13.1 Å². The van der Waals surface area contributed by atoms with Gasteiger partial charge in [0.1, 0.15) is 5.69 Å². The van der Waals surface area contributed by atoms with Crippen LogP contribution in [0.5, 0.6) is 0 Å². The molecule has 0 saturated carbocycles. The van der Waals surface area contributed by atoms with Gasteiger partial charge < -0.3 is 10.2 Å². The Kier molecular flexibility index (Phi) is 4.80. The van der Waals surface area contributed by atoms with E-state index in [-0.39, 0.29) is 23.2 Å². The number of amides is 1. The normalized spacial score (nSPS) is 14.6. The average molecular weight is 371 g/mol. The van der Waals surface area contributed by atoms with Crippen molar-refractivity contribution in [2.75, 3.05) is 18.4 Å². The van der Waals surface area contributed by atoms with Gasteiger partial charge in [-0.2, -0.15) is 13.2 Å². The lowest BCUT2D eigenvalue weighted by Gasteiger charge is -2.15. The number of carbonyl (C=O) groups excluding carboxylic acids is 1. The summed E-state index contributed by atoms with van der Waals surface area (Å²) in [5.74, 6) is -0.171. The van der Waals surface area contributed by atoms with Crippen LogP contribution in [0.4, 0.5) is 24.8 Å². The van der Waals surface area contributed by atoms with Gasteiger partial charge in [0, 0.05) is 25.0 Å². The molecule has 132 valence electrons. The Hall–Kier alpha value is -2.35. The van der Waals surface area contributed by atoms with E-state index in [0.717, 1.165) is 25.0 Å². The van der Waals surface area contributed by atoms with Crippen LogP contribution in [0, 0.1) is 0 Å². The largest absolute Gasteiger partial charge is 0.417 e. The highest BCUT2D eigenvalue weighted by Gasteiger charge is 2.33. The lowest BCUT2D eigenvalue weighted by molar-refractivity contribution is -0.137. The third-order valence-electron chi connectivity index (χ3n) is 3.80. The Bertz CT molecular complexity index is 791. The highest BCUT2D eigenvalue weighted by molar-refractivity contribution is 6.31. The van der Waals surface area contributed by atoms with Crippen molar-refractivity contribution in [2.24, 2.45) is 0 Å². The number of hydrogen-bond acceptors (Lipinski definition) is 4. The second kappa shape index (κ2) is 6.87. The Morgan fingerprint density at radius 1 is 1.20 bits per heavy atom. The molecule has 1 aliphatic rings. The topological polar surface area (TPSA) is 58.1 Å². The van der Waals surface area contributed by atoms with Gasteiger partial charge in [-0.25, -0.2) is 9.97 Å². The average Bonchev–Trinajstić information content (AvgIpc) is 3.10. The number of alkyl halides is 3. The summed E-state index contributed by atoms with van der Waals surface area (Å²) in [5, 5.41) is 2.29. The maximum Gasteiger partial charge on any atom is 0.417 e. The van der Waals surface area contributed by atoms with Crippen LogP contribution in [-0.4, -0.2) is 33.9 Å². The number of likely N-dealkylation sites (tertiary alicyclic amines) is 1. The molecule has 0 radical (unpaired) electrons. The number of nitrogens with one attached hydrogen (secondary N) is 1. The van der Waals surface area contributed by atoms with Gasteiger partial charge in [0.2, 0.25) is 5.95 Å². The van der Waals surface area contributed by atoms with Gasteiger partial charge in [0.15, 0.2) is 0 Å². The number of nitrogens with zero attached hydrogens (tertiary/aromatic N) is 3. The van der Waals surface area contributed by atoms with Crippen LogP contribution in [0.3, 0.4) is 0 Å². The number of halogens is 4. The highest BCUT2D eigenvalue weighted by Crippen LogP contribution is 2.36. The third-order valence-corrected chi connectivity index (χ3v) is 4.13. The molecule has 1 fully saturated rings. The van der Waals surface area contributed by atoms with Crippen molar-refractivity contribution in [3.05, 3.63) is 46.7 Å². The lowest BCUT2D eigenvalue weighted by Crippen LogP contribution is -2.28. The van der Waals surface area contributed by atoms with Crippen LogP contribution >= 0.6 is 11.6 Å². The first-order valence-corrected chi connectivity index (χ1v) is 7.98. The predicted octanol–water partition coefficient (Wildman–Crippen LogP) is 4.13. The van der Waals surface area contributed by atoms with Gasteiger partial charge >= 0.3 is 6.18 Å². The van der Waals surface area contributed by atoms with E-state index in [4.69, 9.17) is 11.6 Å². The summed E-state index contributed by atoms with van der Waals surface area (Å²) < 4.78 is 38.7. The van der Waals surface area contributed by atoms with Gasteiger partial charge in [-0.05, 0) is 37.1 Å². The minimum Gasteiger partial charge on any atom is -0.337 e. The summed E-state index contributed by atoms with van der Waals surface area (Å²) in [6.45, 7) is 1.36. The fourth-order valence-electron chi connectivity index (χ4n) is 2.57. The van der Waals surface area contributed by atoms with Crippen LogP contribution < -0.4 is 5.32 Å². The molecule has 1 aromatic carbocycles. The van der Waals surface area contributed by atoms with Gasteiger partial charge in [0.25, 0.3) is 5.91 Å². The molecule has 1 saturated heterocycles. The van der Waals surface area contributed by atoms with Crippen molar-refractivity contribution < 1.29 is 18.0 Å². The van der Waals surface area contributed by atoms with Gasteiger partial charge in [0.05, 0.1) is 10.6 Å². The van der Waals surface area contributed by atoms with Crippen molar-refractivity contribution in [2.45, 2.75) is 19.0 Å². The first kappa shape index (κ1) is 17.5. The van der Waals surface area contributed by atoms with Crippen LogP contribution in [0.2, 0.25) is 5.02 Å². The molecule has 0 bridgehead atoms. The molecule has 1 aliphatic heterocycles. The number of aromatic nitrogens is 2. The second-order valence-corrected chi connectivity index (χ2v) is 5.99. The molecule has 1 aromatic heterocycles. The third kappa shape index (κ3) is 4.01. The van der Waals surface area contributed by atoms with Gasteiger partial charge in [-0.15, -0.1) is 0 Å². The van der Waals surface area contributed by atoms with Crippen LogP contribution in [0.25, 0.3) is 0 Å². The molecule has 9 heteroatoms. The zero-order chi connectivity index (χ0) is 18.0. The highest BCUT2D eigenvalue weighted by atomic mass is 35.5. The predicted molar refractivity (Wildman–Crippen MR) is 86.9 cm³/mol. The second-order valence-electron chi connectivity index (χ2n) is 5.58. The molecule has 1 amide bonds. The smallest absolute Gasteiger partial charge is 0.337 e. The molecular formula is C16H14ClF3N4O. The summed E-state index contributed by atoms with van der Waals surface area (Å²) in [7, 11) is 0. The zero-order valence-electron chi connectivity index (χ0n) is 13.0. The van der Waals surface area contributed by atoms with Gasteiger partial charge in [-0.1, -0.05) is 11.6 Å². The fraction of sp³-hybridized carbons (Fsp3) is 0.312. The summed E-state index contributed by atoms with van der Waals surface area (Å²) in [4.78, 5) is 22.1. The van der Waals surface area contributed by atoms with Crippen LogP contribution in [0.15, 0.2) is 30.5 Å². The molecule has 0 unspecified atom stereocenters. The summed E-state index contributed by atoms with van der Waals surface area (Å²) in [5.41, 5.74) is -0.629. The molecule has 3 rings (SSSR count). The first-order chi connectivity index (χ1) is 11.8. The lowest BCUT2D eigenvalue weighted by atomic mass is 10.2. The zero-order valence-corrected chi connectivity index (χ0v) is 13.7. The molecule has 2 heterocycles. The van der Waals surface area contributed by atoms with E-state index in [1.165, 1.54) is 18.3 Å². The number of rotatable bonds is 3. The standard InChI is InChI=1S/C16H14ClF3N4O/c17-12-4-3-10(9-11(12)16(18,19)20)22-15-21-6-5-13(23-15)14(25)24-7-1-2-8-24/h3-6,9H,1-2,7-8H2,(H,21,22,23). The number of carbonyl (C=O) groups is 1. The first-order valence-electron chi connectivity index (χ1n) is 7.61. The van der Waals surface area contributed by atoms with E-state index < -0.39 is 16.8 Å². The Morgan fingerprint density at radius 3 is 2.60 bits per heavy atom. The van der Waals surface area contributed by atoms with E-state index in [1.807, 2.05) is 0 Å². The number of anilines is 2. The Labute approximate surface area is 146 Å². The molecular weight excluding hydrogens is 357 g/mol. The summed E-state index contributed by atoms with van der Waals surface area (Å²) >= 11 is 5.59. The number of hydrogen-bond donors (Lipinski definition) is 1. The molecule has 5 nitrogen and oxygen atoms in total. The van der Waals surface area contributed by atoms with Crippen LogP contribution in [0.1, 0.15) is 28.9 Å². The number of benzene rings is 1. The molecule has 0 aliphatic carbocycles. The molecule has 0 spiro atoms. The monoisotopic (exact) mass is 370 g/mol. The minimum absolute atomic E-state index is 0.0421. The molecule has 1 N–H and O–H groups in total.